The summed E-state index contributed by atoms with van der Waals surface area (Å²) in [4.78, 5) is 23.5. The van der Waals surface area contributed by atoms with Gasteiger partial charge in [0.2, 0.25) is 0 Å². The van der Waals surface area contributed by atoms with Gasteiger partial charge < -0.3 is 0 Å². The van der Waals surface area contributed by atoms with Crippen LogP contribution < -0.4 is 22.4 Å². The summed E-state index contributed by atoms with van der Waals surface area (Å²) in [6.45, 7) is 3.58. The van der Waals surface area contributed by atoms with Crippen molar-refractivity contribution >= 4 is 20.0 Å². The fraction of sp³-hybridized carbons (Fsp3) is 0.167. The summed E-state index contributed by atoms with van der Waals surface area (Å²) in [5.41, 5.74) is -1.64. The molecule has 0 radical (unpaired) electrons. The van der Waals surface area contributed by atoms with Crippen molar-refractivity contribution in [2.75, 3.05) is 0 Å². The molecule has 40 heavy (non-hydrogen) atoms. The lowest BCUT2D eigenvalue weighted by atomic mass is 10.2. The van der Waals surface area contributed by atoms with Gasteiger partial charge >= 0.3 is 11.4 Å². The van der Waals surface area contributed by atoms with Crippen molar-refractivity contribution in [3.8, 4) is 0 Å². The van der Waals surface area contributed by atoms with Gasteiger partial charge in [-0.3, -0.25) is 20.0 Å². The number of aryl methyl sites for hydroxylation is 2. The van der Waals surface area contributed by atoms with E-state index in [1.165, 1.54) is 24.3 Å². The first-order valence-electron chi connectivity index (χ1n) is 11.2. The molecule has 0 aliphatic rings. The highest BCUT2D eigenvalue weighted by Crippen LogP contribution is 2.13. The molecule has 2 N–H and O–H groups in total. The molecule has 212 valence electrons. The number of rotatable bonds is 4. The number of benzene rings is 2. The molecule has 2 aromatic heterocycles. The van der Waals surface area contributed by atoms with Gasteiger partial charge in [0.05, 0.1) is 22.2 Å². The lowest BCUT2D eigenvalue weighted by Gasteiger charge is -2.09. The average molecular weight is 595 g/mol. The highest BCUT2D eigenvalue weighted by molar-refractivity contribution is 7.90. The molecular formula is C24H24F2N6O6S2. The van der Waals surface area contributed by atoms with E-state index in [1.807, 2.05) is 0 Å². The molecule has 0 spiro atoms. The molecule has 0 amide bonds. The number of aromatic nitrogens is 4. The van der Waals surface area contributed by atoms with Crippen LogP contribution in [0.4, 0.5) is 8.78 Å². The number of hydrogen-bond donors (Lipinski definition) is 2. The molecule has 0 atom stereocenters. The second kappa shape index (κ2) is 11.0. The molecule has 0 saturated heterocycles. The Labute approximate surface area is 226 Å². The van der Waals surface area contributed by atoms with Crippen molar-refractivity contribution in [1.29, 1.82) is 10.8 Å². The minimum absolute atomic E-state index is 0.123. The van der Waals surface area contributed by atoms with Crippen LogP contribution in [-0.2, 0) is 34.1 Å². The Bertz CT molecular complexity index is 1910. The van der Waals surface area contributed by atoms with Crippen LogP contribution in [0.2, 0.25) is 0 Å². The molecule has 0 unspecified atom stereocenters. The molecule has 4 aromatic rings. The second-order valence-corrected chi connectivity index (χ2v) is 12.2. The van der Waals surface area contributed by atoms with Gasteiger partial charge in [0.15, 0.2) is 22.6 Å². The van der Waals surface area contributed by atoms with Crippen LogP contribution in [0.15, 0.2) is 80.3 Å². The Morgan fingerprint density at radius 3 is 1.15 bits per heavy atom. The van der Waals surface area contributed by atoms with Crippen LogP contribution in [0.5, 0.6) is 0 Å². The topological polar surface area (TPSA) is 170 Å². The summed E-state index contributed by atoms with van der Waals surface area (Å²) in [6.07, 6.45) is 1.03. The molecule has 4 rings (SSSR count). The van der Waals surface area contributed by atoms with Crippen molar-refractivity contribution in [2.24, 2.45) is 14.1 Å². The van der Waals surface area contributed by atoms with Crippen molar-refractivity contribution < 1.29 is 25.6 Å². The van der Waals surface area contributed by atoms with Crippen LogP contribution in [0.3, 0.4) is 0 Å². The Kier molecular flexibility index (Phi) is 8.26. The lowest BCUT2D eigenvalue weighted by Crippen LogP contribution is -2.41. The zero-order chi connectivity index (χ0) is 30.2. The molecule has 2 heterocycles. The van der Waals surface area contributed by atoms with Crippen molar-refractivity contribution in [3.05, 3.63) is 116 Å². The van der Waals surface area contributed by atoms with E-state index in [0.29, 0.717) is 29.5 Å². The quantitative estimate of drug-likeness (QED) is 0.352. The Morgan fingerprint density at radius 2 is 0.875 bits per heavy atom. The monoisotopic (exact) mass is 594 g/mol. The molecule has 0 bridgehead atoms. The third-order valence-electron chi connectivity index (χ3n) is 5.69. The molecule has 16 heteroatoms. The average Bonchev–Trinajstić information content (AvgIpc) is 2.91. The summed E-state index contributed by atoms with van der Waals surface area (Å²) in [5.74, 6) is -2.19. The maximum absolute atomic E-state index is 13.5. The van der Waals surface area contributed by atoms with E-state index in [-0.39, 0.29) is 9.79 Å². The van der Waals surface area contributed by atoms with Crippen molar-refractivity contribution in [2.45, 2.75) is 23.6 Å². The molecule has 0 aliphatic carbocycles. The fourth-order valence-corrected chi connectivity index (χ4v) is 5.77. The van der Waals surface area contributed by atoms with Crippen LogP contribution in [-0.4, -0.2) is 33.9 Å². The molecule has 12 nitrogen and oxygen atoms in total. The number of halogens is 2. The van der Waals surface area contributed by atoms with Gasteiger partial charge in [0.1, 0.15) is 0 Å². The first kappa shape index (κ1) is 30.1. The Morgan fingerprint density at radius 1 is 0.600 bits per heavy atom. The van der Waals surface area contributed by atoms with Crippen LogP contribution >= 0.6 is 0 Å². The maximum atomic E-state index is 13.5. The van der Waals surface area contributed by atoms with Gasteiger partial charge in [-0.15, -0.1) is 0 Å². The molecule has 0 saturated carbocycles. The molecule has 0 fully saturated rings. The summed E-state index contributed by atoms with van der Waals surface area (Å²) in [7, 11) is -6.11. The van der Waals surface area contributed by atoms with E-state index in [2.05, 4.69) is 0 Å². The smallest absolute Gasteiger partial charge is 0.282 e. The summed E-state index contributed by atoms with van der Waals surface area (Å²) < 4.78 is 78.1. The lowest BCUT2D eigenvalue weighted by molar-refractivity contribution is 0.534. The third kappa shape index (κ3) is 5.62. The highest BCUT2D eigenvalue weighted by Gasteiger charge is 2.22. The SMILES string of the molecule is Cc1ccc(S(=O)(=O)n2cc(F)c(=N)n(C)c2=O)cc1.Cc1ccc(S(=O)(=O)n2cc(F)c(=N)n(C)c2=O)cc1. The first-order valence-corrected chi connectivity index (χ1v) is 14.1. The number of nitrogens with zero attached hydrogens (tertiary/aromatic N) is 4. The van der Waals surface area contributed by atoms with Crippen molar-refractivity contribution in [1.82, 2.24) is 17.1 Å². The van der Waals surface area contributed by atoms with Crippen molar-refractivity contribution in [3.63, 3.8) is 0 Å². The van der Waals surface area contributed by atoms with E-state index in [0.717, 1.165) is 25.2 Å². The first-order chi connectivity index (χ1) is 18.5. The fourth-order valence-electron chi connectivity index (χ4n) is 3.24. The van der Waals surface area contributed by atoms with Gasteiger partial charge in [0.25, 0.3) is 20.0 Å². The molecular weight excluding hydrogens is 570 g/mol. The third-order valence-corrected chi connectivity index (χ3v) is 8.99. The van der Waals surface area contributed by atoms with E-state index >= 15 is 0 Å². The maximum Gasteiger partial charge on any atom is 0.343 e. The highest BCUT2D eigenvalue weighted by atomic mass is 32.2. The summed E-state index contributed by atoms with van der Waals surface area (Å²) in [6, 6.07) is 11.7. The van der Waals surface area contributed by atoms with Gasteiger partial charge in [-0.25, -0.2) is 35.2 Å². The van der Waals surface area contributed by atoms with Crippen LogP contribution in [0.1, 0.15) is 11.1 Å². The summed E-state index contributed by atoms with van der Waals surface area (Å²) >= 11 is 0. The minimum Gasteiger partial charge on any atom is -0.282 e. The largest absolute Gasteiger partial charge is 0.343 e. The predicted molar refractivity (Wildman–Crippen MR) is 138 cm³/mol. The van der Waals surface area contributed by atoms with Gasteiger partial charge in [0, 0.05) is 14.1 Å². The zero-order valence-electron chi connectivity index (χ0n) is 21.6. The normalized spacial score (nSPS) is 11.6. The number of hydrogen-bond acceptors (Lipinski definition) is 8. The minimum atomic E-state index is -4.19. The molecule has 0 aliphatic heterocycles. The van der Waals surface area contributed by atoms with Gasteiger partial charge in [-0.05, 0) is 38.1 Å². The van der Waals surface area contributed by atoms with Gasteiger partial charge in [-0.1, -0.05) is 35.4 Å². The van der Waals surface area contributed by atoms with E-state index in [1.54, 1.807) is 38.1 Å². The Balaban J connectivity index is 0.000000220. The predicted octanol–water partition coefficient (Wildman–Crippen LogP) is 0.702. The zero-order valence-corrected chi connectivity index (χ0v) is 23.2. The van der Waals surface area contributed by atoms with Crippen LogP contribution in [0.25, 0.3) is 0 Å². The van der Waals surface area contributed by atoms with Crippen LogP contribution in [0, 0.1) is 36.3 Å². The summed E-state index contributed by atoms with van der Waals surface area (Å²) in [5, 5.41) is 14.6. The number of nitrogens with one attached hydrogen (secondary N) is 2. The Hall–Kier alpha value is -4.44. The second-order valence-electron chi connectivity index (χ2n) is 8.56. The standard InChI is InChI=1S/2C12H12FN3O3S/c2*1-8-3-5-9(6-4-8)20(18,19)16-7-10(13)11(14)15(2)12(16)17/h2*3-7,14H,1-2H3. The van der Waals surface area contributed by atoms with Gasteiger partial charge in [-0.2, -0.15) is 7.94 Å². The van der Waals surface area contributed by atoms with E-state index < -0.39 is 54.0 Å². The molecule has 2 aromatic carbocycles. The van der Waals surface area contributed by atoms with E-state index in [4.69, 9.17) is 10.8 Å². The van der Waals surface area contributed by atoms with E-state index in [9.17, 15) is 35.2 Å².